The van der Waals surface area contributed by atoms with Crippen molar-refractivity contribution < 1.29 is 112 Å². The number of amides is 1. The van der Waals surface area contributed by atoms with Gasteiger partial charge in [-0.2, -0.15) is 10.2 Å². The van der Waals surface area contributed by atoms with Crippen molar-refractivity contribution in [3.63, 3.8) is 0 Å². The van der Waals surface area contributed by atoms with E-state index in [4.69, 9.17) is 5.73 Å². The van der Waals surface area contributed by atoms with Crippen LogP contribution in [0.2, 0.25) is 0 Å². The number of aromatic nitrogens is 8. The Morgan fingerprint density at radius 1 is 0.649 bits per heavy atom. The van der Waals surface area contributed by atoms with Crippen LogP contribution in [0.25, 0.3) is 22.8 Å². The van der Waals surface area contributed by atoms with Gasteiger partial charge in [0.25, 0.3) is 5.91 Å². The standard InChI is InChI=1S/C24H27F3N8O3.C24H26F3N7O4.K/c1-33-6-8-34(9-7-33)15-3-5-18(38-24(25,26)27)17(12-15)30-23-29-13-14-2-4-16-20(22(28)37)32-35(10-11-36)21(16)19(14)31-23;1-32-6-8-33(9-7-32)15-3-5-18(38-24(25,26)27)17(12-15)29-23-28-13-14-2-4-16-20(22(36)37)31-34(10-11-35)21(16)19(14)30-23;/h3,5,12-13,36H,2,4,6-11H2,1H3,(H2,28,37)(H,29,30,31);3,5,12-13,35H,2,4,6-11H2,1H3,(H,36,37)(H,28,29,30);/q;;+1/p-1. The maximum atomic E-state index is 13.2. The number of piperazine rings is 2. The van der Waals surface area contributed by atoms with Gasteiger partial charge in [0.15, 0.2) is 17.2 Å². The number of hydrogen-bond acceptors (Lipinski definition) is 19. The molecule has 6 aromatic rings. The Morgan fingerprint density at radius 2 is 1.05 bits per heavy atom. The number of carboxylic acids is 1. The van der Waals surface area contributed by atoms with Crippen LogP contribution in [-0.4, -0.2) is 164 Å². The molecule has 6 N–H and O–H groups in total. The van der Waals surface area contributed by atoms with Crippen LogP contribution < -0.4 is 92.1 Å². The minimum Gasteiger partial charge on any atom is -0.543 e. The van der Waals surface area contributed by atoms with Gasteiger partial charge in [0, 0.05) is 87.3 Å². The van der Waals surface area contributed by atoms with Gasteiger partial charge in [-0.15, -0.1) is 26.3 Å². The van der Waals surface area contributed by atoms with Gasteiger partial charge in [-0.25, -0.2) is 19.9 Å². The van der Waals surface area contributed by atoms with E-state index in [0.29, 0.717) is 78.2 Å². The van der Waals surface area contributed by atoms with Crippen LogP contribution in [0, 0.1) is 0 Å². The molecule has 1 amide bonds. The van der Waals surface area contributed by atoms with Crippen molar-refractivity contribution in [1.82, 2.24) is 49.3 Å². The summed E-state index contributed by atoms with van der Waals surface area (Å²) in [4.78, 5) is 49.8. The number of aromatic carboxylic acids is 1. The minimum atomic E-state index is -4.91. The maximum Gasteiger partial charge on any atom is 1.00 e. The van der Waals surface area contributed by atoms with Gasteiger partial charge in [0.05, 0.1) is 66.4 Å². The van der Waals surface area contributed by atoms with Crippen LogP contribution >= 0.6 is 0 Å². The van der Waals surface area contributed by atoms with E-state index in [1.807, 2.05) is 14.1 Å². The summed E-state index contributed by atoms with van der Waals surface area (Å²) < 4.78 is 90.3. The maximum absolute atomic E-state index is 13.2. The third-order valence-corrected chi connectivity index (χ3v) is 13.2. The van der Waals surface area contributed by atoms with Crippen LogP contribution in [0.5, 0.6) is 11.5 Å². The summed E-state index contributed by atoms with van der Waals surface area (Å²) in [5.74, 6) is -2.96. The Bertz CT molecular complexity index is 2920. The van der Waals surface area contributed by atoms with Crippen molar-refractivity contribution >= 4 is 46.5 Å². The second-order valence-electron chi connectivity index (χ2n) is 18.3. The molecule has 2 aliphatic heterocycles. The predicted molar refractivity (Wildman–Crippen MR) is 261 cm³/mol. The number of carbonyl (C=O) groups excluding carboxylic acids is 2. The first-order chi connectivity index (χ1) is 36.2. The molecule has 2 fully saturated rings. The molecule has 0 spiro atoms. The molecule has 0 radical (unpaired) electrons. The number of primary amides is 1. The molecule has 77 heavy (non-hydrogen) atoms. The van der Waals surface area contributed by atoms with E-state index in [1.165, 1.54) is 27.7 Å². The summed E-state index contributed by atoms with van der Waals surface area (Å²) in [7, 11) is 4.02. The molecule has 0 atom stereocenters. The fourth-order valence-electron chi connectivity index (χ4n) is 9.53. The average molecular weight is 1100 g/mol. The van der Waals surface area contributed by atoms with Crippen molar-refractivity contribution in [3.8, 4) is 34.3 Å². The molecule has 2 saturated heterocycles. The number of benzene rings is 2. The Labute approximate surface area is 478 Å². The third kappa shape index (κ3) is 13.2. The zero-order chi connectivity index (χ0) is 54.1. The summed E-state index contributed by atoms with van der Waals surface area (Å²) in [6, 6.07) is 8.84. The molecule has 10 rings (SSSR count). The van der Waals surface area contributed by atoms with Gasteiger partial charge in [-0.05, 0) is 87.3 Å². The molecule has 2 aromatic carbocycles. The molecule has 6 heterocycles. The van der Waals surface area contributed by atoms with E-state index < -0.39 is 36.1 Å². The normalized spacial score (nSPS) is 15.5. The Morgan fingerprint density at radius 3 is 1.43 bits per heavy atom. The molecule has 0 saturated carbocycles. The first-order valence-electron chi connectivity index (χ1n) is 24.1. The molecule has 29 heteroatoms. The zero-order valence-electron chi connectivity index (χ0n) is 42.1. The van der Waals surface area contributed by atoms with E-state index in [2.05, 4.69) is 69.8 Å². The molecule has 2 aliphatic carbocycles. The Balaban J connectivity index is 0.000000201. The Hall–Kier alpha value is -6.18. The molecule has 22 nitrogen and oxygen atoms in total. The number of alkyl halides is 6. The number of aliphatic hydroxyl groups is 2. The van der Waals surface area contributed by atoms with E-state index in [9.17, 15) is 51.3 Å². The van der Waals surface area contributed by atoms with E-state index in [1.54, 1.807) is 30.5 Å². The van der Waals surface area contributed by atoms with Crippen LogP contribution in [0.1, 0.15) is 43.2 Å². The van der Waals surface area contributed by atoms with Crippen LogP contribution in [0.15, 0.2) is 48.8 Å². The van der Waals surface area contributed by atoms with Crippen molar-refractivity contribution in [1.29, 1.82) is 0 Å². The van der Waals surface area contributed by atoms with Crippen molar-refractivity contribution in [2.24, 2.45) is 5.73 Å². The molecular formula is C48H52F6KN15O7. The largest absolute Gasteiger partial charge is 1.00 e. The number of nitrogens with two attached hydrogens (primary N) is 1. The van der Waals surface area contributed by atoms with Crippen molar-refractivity contribution in [2.45, 2.75) is 51.5 Å². The molecule has 4 aromatic heterocycles. The van der Waals surface area contributed by atoms with Crippen LogP contribution in [-0.2, 0) is 38.8 Å². The predicted octanol–water partition coefficient (Wildman–Crippen LogP) is 0.116. The summed E-state index contributed by atoms with van der Waals surface area (Å²) in [6.07, 6.45) is -4.86. The number of aryl methyl sites for hydroxylation is 2. The number of fused-ring (bicyclic) bond motifs is 6. The number of likely N-dealkylation sites (N-methyl/N-ethyl adjacent to an activating group) is 2. The first-order valence-corrected chi connectivity index (χ1v) is 24.1. The number of rotatable bonds is 14. The SMILES string of the molecule is CN1CCN(c2ccc(OC(F)(F)F)c(Nc3ncc4c(n3)-c3c(c(C(=O)[O-])nn3CCO)CC4)c2)CC1.CN1CCN(c2ccc(OC(F)(F)F)c(Nc3ncc4c(n3)-c3c(c(C(N)=O)nn3CCO)CC4)c2)CC1.[K+]. The number of nitrogens with zero attached hydrogens (tertiary/aromatic N) is 12. The number of carboxylic acid groups (broad SMARTS) is 1. The third-order valence-electron chi connectivity index (χ3n) is 13.2. The van der Waals surface area contributed by atoms with Gasteiger partial charge < -0.3 is 65.6 Å². The van der Waals surface area contributed by atoms with E-state index in [-0.39, 0.29) is 112 Å². The van der Waals surface area contributed by atoms with Gasteiger partial charge in [0.1, 0.15) is 5.69 Å². The molecule has 0 unspecified atom stereocenters. The number of aliphatic hydroxyl groups excluding tert-OH is 2. The summed E-state index contributed by atoms with van der Waals surface area (Å²) in [5, 5.41) is 44.7. The van der Waals surface area contributed by atoms with Crippen LogP contribution in [0.4, 0.5) is 61.0 Å². The molecule has 404 valence electrons. The molecular weight excluding hydrogens is 1050 g/mol. The Kier molecular flexibility index (Phi) is 17.6. The van der Waals surface area contributed by atoms with Crippen LogP contribution in [0.3, 0.4) is 0 Å². The monoisotopic (exact) mass is 1100 g/mol. The van der Waals surface area contributed by atoms with Gasteiger partial charge >= 0.3 is 64.1 Å². The number of anilines is 6. The fourth-order valence-corrected chi connectivity index (χ4v) is 9.53. The fraction of sp³-hybridized carbons (Fsp3) is 0.417. The van der Waals surface area contributed by atoms with Crippen molar-refractivity contribution in [2.75, 3.05) is 100 Å². The minimum absolute atomic E-state index is 0. The number of ether oxygens (including phenoxy) is 2. The number of carbonyl (C=O) groups is 2. The zero-order valence-corrected chi connectivity index (χ0v) is 45.2. The van der Waals surface area contributed by atoms with E-state index in [0.717, 1.165) is 56.2 Å². The van der Waals surface area contributed by atoms with Gasteiger partial charge in [-0.3, -0.25) is 14.2 Å². The van der Waals surface area contributed by atoms with Crippen molar-refractivity contribution in [3.05, 3.63) is 82.4 Å². The smallest absolute Gasteiger partial charge is 0.543 e. The summed E-state index contributed by atoms with van der Waals surface area (Å²) in [5.41, 5.74) is 11.2. The number of hydrogen-bond donors (Lipinski definition) is 5. The summed E-state index contributed by atoms with van der Waals surface area (Å²) >= 11 is 0. The summed E-state index contributed by atoms with van der Waals surface area (Å²) in [6.45, 7) is 5.78. The van der Waals surface area contributed by atoms with Gasteiger partial charge in [-0.1, -0.05) is 0 Å². The topological polar surface area (TPSA) is 266 Å². The molecule has 0 bridgehead atoms. The number of halogens is 6. The van der Waals surface area contributed by atoms with Gasteiger partial charge in [0.2, 0.25) is 11.9 Å². The quantitative estimate of drug-likeness (QED) is 0.0716. The second-order valence-corrected chi connectivity index (χ2v) is 18.3. The molecule has 4 aliphatic rings. The average Bonchev–Trinajstić information content (AvgIpc) is 4.06. The van der Waals surface area contributed by atoms with E-state index >= 15 is 0 Å². The number of nitrogens with one attached hydrogen (secondary N) is 2. The first kappa shape index (κ1) is 57.0. The second kappa shape index (κ2) is 23.8.